The molecule has 0 bridgehead atoms. The van der Waals surface area contributed by atoms with Crippen LogP contribution in [-0.2, 0) is 11.2 Å². The second-order valence-corrected chi connectivity index (χ2v) is 6.96. The van der Waals surface area contributed by atoms with E-state index in [1.807, 2.05) is 30.0 Å². The van der Waals surface area contributed by atoms with Crippen molar-refractivity contribution in [2.45, 2.75) is 31.9 Å². The average Bonchev–Trinajstić information content (AvgIpc) is 2.48. The molecule has 1 aromatic carbocycles. The van der Waals surface area contributed by atoms with E-state index in [9.17, 15) is 0 Å². The highest BCUT2D eigenvalue weighted by Gasteiger charge is 2.24. The van der Waals surface area contributed by atoms with Gasteiger partial charge in [-0.2, -0.15) is 11.8 Å². The Balaban J connectivity index is 2.03. The third-order valence-electron chi connectivity index (χ3n) is 3.39. The first-order chi connectivity index (χ1) is 9.70. The molecule has 1 N–H and O–H groups in total. The lowest BCUT2D eigenvalue weighted by atomic mass is 10.0. The minimum atomic E-state index is 0.273. The number of halogens is 2. The third-order valence-corrected chi connectivity index (χ3v) is 5.15. The fourth-order valence-electron chi connectivity index (χ4n) is 2.32. The summed E-state index contributed by atoms with van der Waals surface area (Å²) in [6.07, 6.45) is 2.31. The Morgan fingerprint density at radius 2 is 2.25 bits per heavy atom. The molecular formula is C15H21Cl2NOS. The van der Waals surface area contributed by atoms with E-state index in [0.717, 1.165) is 37.5 Å². The zero-order valence-electron chi connectivity index (χ0n) is 11.7. The Hall–Kier alpha value is 0.0700. The van der Waals surface area contributed by atoms with Crippen LogP contribution in [0.2, 0.25) is 10.0 Å². The average molecular weight is 334 g/mol. The lowest BCUT2D eigenvalue weighted by Crippen LogP contribution is -2.46. The summed E-state index contributed by atoms with van der Waals surface area (Å²) >= 11 is 14.0. The molecule has 2 rings (SSSR count). The van der Waals surface area contributed by atoms with Crippen LogP contribution in [0.15, 0.2) is 18.2 Å². The Morgan fingerprint density at radius 1 is 1.40 bits per heavy atom. The summed E-state index contributed by atoms with van der Waals surface area (Å²) in [6.45, 7) is 4.04. The van der Waals surface area contributed by atoms with Gasteiger partial charge >= 0.3 is 0 Å². The summed E-state index contributed by atoms with van der Waals surface area (Å²) in [5.74, 6) is 2.16. The number of hydrogen-bond donors (Lipinski definition) is 1. The van der Waals surface area contributed by atoms with Crippen molar-refractivity contribution in [1.29, 1.82) is 0 Å². The van der Waals surface area contributed by atoms with Crippen LogP contribution < -0.4 is 5.32 Å². The van der Waals surface area contributed by atoms with E-state index in [-0.39, 0.29) is 6.10 Å². The van der Waals surface area contributed by atoms with E-state index in [1.165, 1.54) is 5.56 Å². The van der Waals surface area contributed by atoms with E-state index in [4.69, 9.17) is 27.9 Å². The molecule has 1 fully saturated rings. The molecule has 0 aliphatic carbocycles. The summed E-state index contributed by atoms with van der Waals surface area (Å²) in [5, 5.41) is 4.84. The Bertz CT molecular complexity index is 424. The molecule has 0 amide bonds. The molecule has 2 nitrogen and oxygen atoms in total. The molecule has 1 aliphatic heterocycles. The first-order valence-electron chi connectivity index (χ1n) is 7.07. The lowest BCUT2D eigenvalue weighted by molar-refractivity contribution is 0.0472. The largest absolute Gasteiger partial charge is 0.375 e. The van der Waals surface area contributed by atoms with Crippen LogP contribution in [0.4, 0.5) is 0 Å². The first-order valence-corrected chi connectivity index (χ1v) is 8.98. The van der Waals surface area contributed by atoms with Gasteiger partial charge in [0.2, 0.25) is 0 Å². The topological polar surface area (TPSA) is 21.3 Å². The molecule has 1 heterocycles. The highest BCUT2D eigenvalue weighted by Crippen LogP contribution is 2.24. The molecule has 112 valence electrons. The van der Waals surface area contributed by atoms with E-state index in [1.54, 1.807) is 0 Å². The number of benzene rings is 1. The SMILES string of the molecule is CCCNC(Cc1ccc(Cl)c(Cl)c1)C1CSCCO1. The van der Waals surface area contributed by atoms with Gasteiger partial charge in [-0.15, -0.1) is 0 Å². The van der Waals surface area contributed by atoms with Gasteiger partial charge in [-0.25, -0.2) is 0 Å². The normalized spacial score (nSPS) is 20.9. The third kappa shape index (κ3) is 4.81. The molecule has 20 heavy (non-hydrogen) atoms. The molecule has 0 aromatic heterocycles. The molecule has 0 saturated carbocycles. The van der Waals surface area contributed by atoms with Gasteiger partial charge in [0.05, 0.1) is 22.8 Å². The van der Waals surface area contributed by atoms with Gasteiger partial charge in [0, 0.05) is 17.5 Å². The second kappa shape index (κ2) is 8.50. The van der Waals surface area contributed by atoms with Crippen molar-refractivity contribution >= 4 is 35.0 Å². The van der Waals surface area contributed by atoms with Crippen LogP contribution in [0.25, 0.3) is 0 Å². The van der Waals surface area contributed by atoms with Crippen LogP contribution in [0.3, 0.4) is 0 Å². The van der Waals surface area contributed by atoms with Crippen LogP contribution in [0.5, 0.6) is 0 Å². The number of rotatable bonds is 6. The standard InChI is InChI=1S/C15H21Cl2NOS/c1-2-5-18-14(15-10-20-7-6-19-15)9-11-3-4-12(16)13(17)8-11/h3-4,8,14-15,18H,2,5-7,9-10H2,1H3. The minimum Gasteiger partial charge on any atom is -0.375 e. The van der Waals surface area contributed by atoms with Crippen molar-refractivity contribution in [3.8, 4) is 0 Å². The maximum atomic E-state index is 6.10. The van der Waals surface area contributed by atoms with Gasteiger partial charge in [-0.05, 0) is 37.1 Å². The molecule has 0 spiro atoms. The molecule has 2 unspecified atom stereocenters. The zero-order chi connectivity index (χ0) is 14.4. The van der Waals surface area contributed by atoms with Crippen molar-refractivity contribution in [2.75, 3.05) is 24.7 Å². The zero-order valence-corrected chi connectivity index (χ0v) is 14.0. The predicted molar refractivity (Wildman–Crippen MR) is 89.3 cm³/mol. The summed E-state index contributed by atoms with van der Waals surface area (Å²) in [7, 11) is 0. The van der Waals surface area contributed by atoms with Crippen LogP contribution in [0.1, 0.15) is 18.9 Å². The summed E-state index contributed by atoms with van der Waals surface area (Å²) in [6, 6.07) is 6.21. The summed E-state index contributed by atoms with van der Waals surface area (Å²) in [5.41, 5.74) is 1.20. The molecule has 1 aromatic rings. The van der Waals surface area contributed by atoms with Crippen LogP contribution in [0, 0.1) is 0 Å². The van der Waals surface area contributed by atoms with Crippen molar-refractivity contribution < 1.29 is 4.74 Å². The van der Waals surface area contributed by atoms with Gasteiger partial charge in [-0.1, -0.05) is 36.2 Å². The number of hydrogen-bond acceptors (Lipinski definition) is 3. The lowest BCUT2D eigenvalue weighted by Gasteiger charge is -2.31. The molecule has 1 saturated heterocycles. The maximum Gasteiger partial charge on any atom is 0.0821 e. The van der Waals surface area contributed by atoms with E-state index >= 15 is 0 Å². The van der Waals surface area contributed by atoms with E-state index in [0.29, 0.717) is 16.1 Å². The summed E-state index contributed by atoms with van der Waals surface area (Å²) in [4.78, 5) is 0. The first kappa shape index (κ1) is 16.4. The summed E-state index contributed by atoms with van der Waals surface area (Å²) < 4.78 is 5.92. The van der Waals surface area contributed by atoms with Gasteiger partial charge < -0.3 is 10.1 Å². The van der Waals surface area contributed by atoms with Crippen molar-refractivity contribution in [3.05, 3.63) is 33.8 Å². The van der Waals surface area contributed by atoms with Crippen molar-refractivity contribution in [2.24, 2.45) is 0 Å². The molecule has 2 atom stereocenters. The van der Waals surface area contributed by atoms with Gasteiger partial charge in [0.25, 0.3) is 0 Å². The van der Waals surface area contributed by atoms with Gasteiger partial charge in [0.1, 0.15) is 0 Å². The molecule has 1 aliphatic rings. The molecular weight excluding hydrogens is 313 g/mol. The molecule has 0 radical (unpaired) electrons. The fraction of sp³-hybridized carbons (Fsp3) is 0.600. The second-order valence-electron chi connectivity index (χ2n) is 5.00. The highest BCUT2D eigenvalue weighted by molar-refractivity contribution is 7.99. The van der Waals surface area contributed by atoms with E-state index in [2.05, 4.69) is 12.2 Å². The Kier molecular flexibility index (Phi) is 6.99. The fourth-order valence-corrected chi connectivity index (χ4v) is 3.59. The number of nitrogens with one attached hydrogen (secondary N) is 1. The highest BCUT2D eigenvalue weighted by atomic mass is 35.5. The smallest absolute Gasteiger partial charge is 0.0821 e. The van der Waals surface area contributed by atoms with Crippen molar-refractivity contribution in [1.82, 2.24) is 5.32 Å². The predicted octanol–water partition coefficient (Wildman–Crippen LogP) is 4.04. The molecule has 5 heteroatoms. The Morgan fingerprint density at radius 3 is 2.90 bits per heavy atom. The Labute approximate surface area is 135 Å². The monoisotopic (exact) mass is 333 g/mol. The number of ether oxygens (including phenoxy) is 1. The van der Waals surface area contributed by atoms with Crippen molar-refractivity contribution in [3.63, 3.8) is 0 Å². The quantitative estimate of drug-likeness (QED) is 0.848. The minimum absolute atomic E-state index is 0.273. The van der Waals surface area contributed by atoms with E-state index < -0.39 is 0 Å². The van der Waals surface area contributed by atoms with Crippen LogP contribution in [-0.4, -0.2) is 36.8 Å². The van der Waals surface area contributed by atoms with Crippen LogP contribution >= 0.6 is 35.0 Å². The van der Waals surface area contributed by atoms with Gasteiger partial charge in [0.15, 0.2) is 0 Å². The number of thioether (sulfide) groups is 1. The maximum absolute atomic E-state index is 6.10. The van der Waals surface area contributed by atoms with Gasteiger partial charge in [-0.3, -0.25) is 0 Å².